The summed E-state index contributed by atoms with van der Waals surface area (Å²) in [6.07, 6.45) is 31.2. The van der Waals surface area contributed by atoms with Crippen molar-refractivity contribution in [2.75, 3.05) is 12.3 Å². The van der Waals surface area contributed by atoms with E-state index in [1.165, 1.54) is 122 Å². The Bertz CT molecular complexity index is 594. The van der Waals surface area contributed by atoms with Crippen LogP contribution in [0, 0.1) is 0 Å². The number of hydrogen-bond donors (Lipinski definition) is 1. The van der Waals surface area contributed by atoms with Crippen LogP contribution in [0.4, 0.5) is 0 Å². The van der Waals surface area contributed by atoms with E-state index in [1.807, 2.05) is 6.08 Å². The SMILES string of the molecule is CCCCCCCCCCCCCCCCCCCCC/C=C/C([O-])=NCCCCS(=O)(=O)O.[Na+]. The molecule has 0 atom stereocenters. The van der Waals surface area contributed by atoms with Crippen molar-refractivity contribution in [3.05, 3.63) is 12.2 Å². The molecule has 0 aliphatic rings. The van der Waals surface area contributed by atoms with Gasteiger partial charge >= 0.3 is 29.6 Å². The first-order valence-corrected chi connectivity index (χ1v) is 15.9. The number of aliphatic imine (C=N–C) groups is 1. The van der Waals surface area contributed by atoms with Crippen molar-refractivity contribution in [2.24, 2.45) is 4.99 Å². The Balaban J connectivity index is 0. The maximum Gasteiger partial charge on any atom is 1.00 e. The summed E-state index contributed by atoms with van der Waals surface area (Å²) in [4.78, 5) is 3.86. The normalized spacial score (nSPS) is 12.3. The monoisotopic (exact) mass is 523 g/mol. The summed E-state index contributed by atoms with van der Waals surface area (Å²) in [5.41, 5.74) is 0. The van der Waals surface area contributed by atoms with Gasteiger partial charge in [-0.05, 0) is 31.6 Å². The van der Waals surface area contributed by atoms with E-state index in [2.05, 4.69) is 11.9 Å². The molecule has 0 spiro atoms. The molecule has 1 N–H and O–H groups in total. The first-order chi connectivity index (χ1) is 16.5. The zero-order chi connectivity index (χ0) is 25.2. The van der Waals surface area contributed by atoms with Gasteiger partial charge in [-0.25, -0.2) is 0 Å². The molecular formula is C28H54NNaO4S. The molecule has 0 rings (SSSR count). The van der Waals surface area contributed by atoms with E-state index in [4.69, 9.17) is 4.55 Å². The van der Waals surface area contributed by atoms with Crippen molar-refractivity contribution in [1.82, 2.24) is 0 Å². The Morgan fingerprint density at radius 3 is 1.49 bits per heavy atom. The Labute approximate surface area is 240 Å². The Kier molecular flexibility index (Phi) is 30.6. The molecule has 0 aliphatic carbocycles. The maximum absolute atomic E-state index is 11.6. The summed E-state index contributed by atoms with van der Waals surface area (Å²) >= 11 is 0. The van der Waals surface area contributed by atoms with Crippen LogP contribution in [0.5, 0.6) is 0 Å². The standard InChI is InChI=1S/C28H55NO4S.Na/c1-2-3-4-5-6-7-8-9-10-11-12-13-14-15-16-17-18-19-20-21-22-25-28(30)29-26-23-24-27-34(31,32)33;/h22,25H,2-21,23-24,26-27H2,1H3,(H,29,30)(H,31,32,33);/q;+1/p-1/b25-22+;. The van der Waals surface area contributed by atoms with Crippen LogP contribution in [0.15, 0.2) is 17.1 Å². The van der Waals surface area contributed by atoms with Crippen molar-refractivity contribution in [3.63, 3.8) is 0 Å². The molecule has 0 fully saturated rings. The molecule has 0 aromatic heterocycles. The predicted molar refractivity (Wildman–Crippen MR) is 145 cm³/mol. The van der Waals surface area contributed by atoms with E-state index in [0.29, 0.717) is 19.4 Å². The molecule has 0 aromatic rings. The average Bonchev–Trinajstić information content (AvgIpc) is 2.79. The van der Waals surface area contributed by atoms with Gasteiger partial charge in [0.2, 0.25) is 0 Å². The Hall–Kier alpha value is 0.120. The van der Waals surface area contributed by atoms with Crippen LogP contribution in [0.2, 0.25) is 0 Å². The van der Waals surface area contributed by atoms with E-state index in [-0.39, 0.29) is 41.2 Å². The number of allylic oxidation sites excluding steroid dienone is 1. The smallest absolute Gasteiger partial charge is 0.859 e. The van der Waals surface area contributed by atoms with Gasteiger partial charge in [-0.15, -0.1) is 0 Å². The largest absolute Gasteiger partial charge is 1.00 e. The molecule has 0 saturated carbocycles. The van der Waals surface area contributed by atoms with Gasteiger partial charge in [0.25, 0.3) is 10.1 Å². The third kappa shape index (κ3) is 34.1. The minimum absolute atomic E-state index is 0. The van der Waals surface area contributed by atoms with E-state index in [9.17, 15) is 13.5 Å². The summed E-state index contributed by atoms with van der Waals surface area (Å²) < 4.78 is 29.8. The summed E-state index contributed by atoms with van der Waals surface area (Å²) in [5, 5.41) is 11.6. The van der Waals surface area contributed by atoms with Crippen molar-refractivity contribution in [3.8, 4) is 0 Å². The van der Waals surface area contributed by atoms with Crippen molar-refractivity contribution in [2.45, 2.75) is 148 Å². The van der Waals surface area contributed by atoms with Crippen LogP contribution in [0.25, 0.3) is 0 Å². The molecule has 0 unspecified atom stereocenters. The number of nitrogens with zero attached hydrogens (tertiary/aromatic N) is 1. The van der Waals surface area contributed by atoms with E-state index in [1.54, 1.807) is 0 Å². The second-order valence-corrected chi connectivity index (χ2v) is 11.3. The second-order valence-electron chi connectivity index (χ2n) is 9.77. The molecule has 0 heterocycles. The van der Waals surface area contributed by atoms with Gasteiger partial charge in [0.15, 0.2) is 0 Å². The van der Waals surface area contributed by atoms with Gasteiger partial charge in [0.05, 0.1) is 5.75 Å². The van der Waals surface area contributed by atoms with Gasteiger partial charge in [-0.3, -0.25) is 4.55 Å². The van der Waals surface area contributed by atoms with Crippen molar-refractivity contribution < 1.29 is 47.6 Å². The van der Waals surface area contributed by atoms with Gasteiger partial charge in [0.1, 0.15) is 0 Å². The van der Waals surface area contributed by atoms with Gasteiger partial charge in [0, 0.05) is 6.54 Å². The average molecular weight is 524 g/mol. The zero-order valence-electron chi connectivity index (χ0n) is 23.2. The zero-order valence-corrected chi connectivity index (χ0v) is 26.0. The molecule has 0 aromatic carbocycles. The summed E-state index contributed by atoms with van der Waals surface area (Å²) in [7, 11) is -3.91. The maximum atomic E-state index is 11.6. The molecule has 0 aliphatic heterocycles. The molecular weight excluding hydrogens is 469 g/mol. The van der Waals surface area contributed by atoms with E-state index < -0.39 is 10.1 Å². The minimum atomic E-state index is -3.91. The van der Waals surface area contributed by atoms with E-state index in [0.717, 1.165) is 12.8 Å². The molecule has 0 radical (unpaired) electrons. The van der Waals surface area contributed by atoms with Gasteiger partial charge in [-0.2, -0.15) is 8.42 Å². The molecule has 0 amide bonds. The fraction of sp³-hybridized carbons (Fsp3) is 0.893. The fourth-order valence-electron chi connectivity index (χ4n) is 4.16. The molecule has 0 bridgehead atoms. The fourth-order valence-corrected chi connectivity index (χ4v) is 4.73. The van der Waals surface area contributed by atoms with Gasteiger partial charge in [-0.1, -0.05) is 135 Å². The number of unbranched alkanes of at least 4 members (excludes halogenated alkanes) is 20. The number of rotatable bonds is 26. The van der Waals surface area contributed by atoms with Crippen molar-refractivity contribution >= 4 is 16.0 Å². The summed E-state index contributed by atoms with van der Waals surface area (Å²) in [6, 6.07) is 0. The quantitative estimate of drug-likeness (QED) is 0.0580. The van der Waals surface area contributed by atoms with Crippen LogP contribution in [0.3, 0.4) is 0 Å². The van der Waals surface area contributed by atoms with Gasteiger partial charge < -0.3 is 10.1 Å². The van der Waals surface area contributed by atoms with E-state index >= 15 is 0 Å². The molecule has 7 heteroatoms. The molecule has 202 valence electrons. The minimum Gasteiger partial charge on any atom is -0.859 e. The third-order valence-electron chi connectivity index (χ3n) is 6.31. The molecule has 5 nitrogen and oxygen atoms in total. The first kappa shape index (κ1) is 37.3. The Morgan fingerprint density at radius 1 is 0.686 bits per heavy atom. The molecule has 0 saturated heterocycles. The third-order valence-corrected chi connectivity index (χ3v) is 7.12. The predicted octanol–water partition coefficient (Wildman–Crippen LogP) is 4.80. The first-order valence-electron chi connectivity index (χ1n) is 14.3. The summed E-state index contributed by atoms with van der Waals surface area (Å²) in [6.45, 7) is 2.58. The van der Waals surface area contributed by atoms with Crippen LogP contribution in [0.1, 0.15) is 148 Å². The molecule has 35 heavy (non-hydrogen) atoms. The topological polar surface area (TPSA) is 89.8 Å². The number of hydrogen-bond acceptors (Lipinski definition) is 4. The Morgan fingerprint density at radius 2 is 1.09 bits per heavy atom. The second kappa shape index (κ2) is 28.7. The van der Waals surface area contributed by atoms with Crippen LogP contribution in [-0.2, 0) is 10.1 Å². The van der Waals surface area contributed by atoms with Crippen LogP contribution < -0.4 is 34.7 Å². The summed E-state index contributed by atoms with van der Waals surface area (Å²) in [5.74, 6) is -0.531. The van der Waals surface area contributed by atoms with Crippen LogP contribution in [-0.4, -0.2) is 31.2 Å². The van der Waals surface area contributed by atoms with Crippen LogP contribution >= 0.6 is 0 Å². The van der Waals surface area contributed by atoms with Crippen molar-refractivity contribution in [1.29, 1.82) is 0 Å².